The fourth-order valence-electron chi connectivity index (χ4n) is 4.52. The molecule has 0 radical (unpaired) electrons. The summed E-state index contributed by atoms with van der Waals surface area (Å²) < 4.78 is 28.7. The monoisotopic (exact) mass is 519 g/mol. The van der Waals surface area contributed by atoms with Crippen molar-refractivity contribution in [1.82, 2.24) is 4.90 Å². The number of hydrogen-bond acceptors (Lipinski definition) is 9. The molecule has 0 spiro atoms. The molecule has 0 saturated carbocycles. The van der Waals surface area contributed by atoms with Gasteiger partial charge in [0.1, 0.15) is 24.0 Å². The van der Waals surface area contributed by atoms with Crippen molar-refractivity contribution in [2.24, 2.45) is 5.73 Å². The van der Waals surface area contributed by atoms with E-state index in [1.54, 1.807) is 19.1 Å². The SMILES string of the molecule is CCOC(=O)C1=C(c2ccccc2)OC(N)=C(C#N)[C@@H]1c1ccc(OCCN2CCOCC2)c(OCC)c1. The van der Waals surface area contributed by atoms with Gasteiger partial charge < -0.3 is 29.4 Å². The number of carbonyl (C=O) groups is 1. The molecular formula is C29H33N3O6. The third-order valence-corrected chi connectivity index (χ3v) is 6.32. The molecule has 1 atom stereocenters. The molecule has 2 aliphatic rings. The summed E-state index contributed by atoms with van der Waals surface area (Å²) in [7, 11) is 0. The highest BCUT2D eigenvalue weighted by atomic mass is 16.5. The summed E-state index contributed by atoms with van der Waals surface area (Å²) in [6, 6.07) is 16.7. The van der Waals surface area contributed by atoms with Crippen molar-refractivity contribution in [1.29, 1.82) is 5.26 Å². The standard InChI is InChI=1S/C29H33N3O6/c1-3-35-24-18-21(10-11-23(24)37-17-14-32-12-15-34-16-13-32)25-22(19-30)28(31)38-27(20-8-6-5-7-9-20)26(25)29(33)36-4-2/h5-11,18,25H,3-4,12-17,31H2,1-2H3/t25-/m0/s1. The minimum absolute atomic E-state index is 0.0619. The summed E-state index contributed by atoms with van der Waals surface area (Å²) in [5.74, 6) is -0.109. The highest BCUT2D eigenvalue weighted by molar-refractivity contribution is 6.00. The van der Waals surface area contributed by atoms with E-state index in [-0.39, 0.29) is 29.4 Å². The lowest BCUT2D eigenvalue weighted by Crippen LogP contribution is -2.38. The summed E-state index contributed by atoms with van der Waals surface area (Å²) in [6.07, 6.45) is 0. The predicted molar refractivity (Wildman–Crippen MR) is 141 cm³/mol. The van der Waals surface area contributed by atoms with Crippen LogP contribution in [0.25, 0.3) is 5.76 Å². The molecule has 2 heterocycles. The Hall–Kier alpha value is -4.00. The topological polar surface area (TPSA) is 116 Å². The highest BCUT2D eigenvalue weighted by Crippen LogP contribution is 2.44. The Balaban J connectivity index is 1.72. The first kappa shape index (κ1) is 27.0. The first-order valence-electron chi connectivity index (χ1n) is 12.8. The van der Waals surface area contributed by atoms with Crippen molar-refractivity contribution in [3.63, 3.8) is 0 Å². The number of benzene rings is 2. The highest BCUT2D eigenvalue weighted by Gasteiger charge is 2.38. The van der Waals surface area contributed by atoms with E-state index in [9.17, 15) is 10.1 Å². The van der Waals surface area contributed by atoms with E-state index in [0.717, 1.165) is 32.8 Å². The van der Waals surface area contributed by atoms with Crippen LogP contribution >= 0.6 is 0 Å². The van der Waals surface area contributed by atoms with Gasteiger partial charge in [-0.05, 0) is 31.5 Å². The van der Waals surface area contributed by atoms with Gasteiger partial charge in [0.15, 0.2) is 11.5 Å². The smallest absolute Gasteiger partial charge is 0.338 e. The maximum atomic E-state index is 13.3. The van der Waals surface area contributed by atoms with E-state index in [4.69, 9.17) is 29.4 Å². The zero-order chi connectivity index (χ0) is 26.9. The fourth-order valence-corrected chi connectivity index (χ4v) is 4.52. The maximum Gasteiger partial charge on any atom is 0.338 e. The zero-order valence-corrected chi connectivity index (χ0v) is 21.8. The Morgan fingerprint density at radius 2 is 1.84 bits per heavy atom. The Labute approximate surface area is 223 Å². The molecule has 2 aromatic carbocycles. The largest absolute Gasteiger partial charge is 0.490 e. The normalized spacial score (nSPS) is 18.0. The predicted octanol–water partition coefficient (Wildman–Crippen LogP) is 3.58. The van der Waals surface area contributed by atoms with Gasteiger partial charge in [-0.2, -0.15) is 5.26 Å². The average Bonchev–Trinajstić information content (AvgIpc) is 2.94. The lowest BCUT2D eigenvalue weighted by atomic mass is 9.82. The maximum absolute atomic E-state index is 13.3. The molecule has 9 nitrogen and oxygen atoms in total. The first-order chi connectivity index (χ1) is 18.6. The van der Waals surface area contributed by atoms with Crippen LogP contribution in [-0.4, -0.2) is 63.5 Å². The molecule has 0 amide bonds. The van der Waals surface area contributed by atoms with Gasteiger partial charge in [0.2, 0.25) is 5.88 Å². The number of nitriles is 1. The molecule has 9 heteroatoms. The van der Waals surface area contributed by atoms with Crippen LogP contribution in [0.4, 0.5) is 0 Å². The molecular weight excluding hydrogens is 486 g/mol. The minimum atomic E-state index is -0.815. The van der Waals surface area contributed by atoms with Crippen molar-refractivity contribution in [3.05, 3.63) is 76.7 Å². The number of hydrogen-bond donors (Lipinski definition) is 1. The van der Waals surface area contributed by atoms with Gasteiger partial charge in [-0.1, -0.05) is 36.4 Å². The second kappa shape index (κ2) is 13.0. The van der Waals surface area contributed by atoms with Gasteiger partial charge in [-0.25, -0.2) is 4.79 Å². The van der Waals surface area contributed by atoms with Gasteiger partial charge in [-0.15, -0.1) is 0 Å². The first-order valence-corrected chi connectivity index (χ1v) is 12.8. The minimum Gasteiger partial charge on any atom is -0.490 e. The van der Waals surface area contributed by atoms with Crippen LogP contribution in [0.15, 0.2) is 65.6 Å². The lowest BCUT2D eigenvalue weighted by Gasteiger charge is -2.29. The van der Waals surface area contributed by atoms with E-state index < -0.39 is 11.9 Å². The molecule has 38 heavy (non-hydrogen) atoms. The van der Waals surface area contributed by atoms with E-state index in [1.807, 2.05) is 43.3 Å². The second-order valence-corrected chi connectivity index (χ2v) is 8.70. The molecule has 2 N–H and O–H groups in total. The Morgan fingerprint density at radius 3 is 2.53 bits per heavy atom. The number of esters is 1. The Morgan fingerprint density at radius 1 is 1.08 bits per heavy atom. The number of morpholine rings is 1. The van der Waals surface area contributed by atoms with Crippen LogP contribution in [0.3, 0.4) is 0 Å². The van der Waals surface area contributed by atoms with E-state index >= 15 is 0 Å². The van der Waals surface area contributed by atoms with Crippen LogP contribution in [0.2, 0.25) is 0 Å². The molecule has 0 aromatic heterocycles. The molecule has 1 saturated heterocycles. The molecule has 4 rings (SSSR count). The fraction of sp³-hybridized carbons (Fsp3) is 0.379. The molecule has 2 aliphatic heterocycles. The van der Waals surface area contributed by atoms with Crippen LogP contribution in [0, 0.1) is 11.3 Å². The summed E-state index contributed by atoms with van der Waals surface area (Å²) in [5, 5.41) is 10.0. The van der Waals surface area contributed by atoms with Gasteiger partial charge in [0.05, 0.1) is 37.9 Å². The van der Waals surface area contributed by atoms with E-state index in [2.05, 4.69) is 11.0 Å². The average molecular weight is 520 g/mol. The Kier molecular flexibility index (Phi) is 9.25. The van der Waals surface area contributed by atoms with Crippen LogP contribution in [-0.2, 0) is 19.0 Å². The summed E-state index contributed by atoms with van der Waals surface area (Å²) in [6.45, 7) is 8.65. The van der Waals surface area contributed by atoms with Crippen molar-refractivity contribution < 1.29 is 28.5 Å². The molecule has 0 unspecified atom stereocenters. The van der Waals surface area contributed by atoms with Crippen LogP contribution in [0.1, 0.15) is 30.9 Å². The number of carbonyl (C=O) groups excluding carboxylic acids is 1. The molecule has 0 aliphatic carbocycles. The van der Waals surface area contributed by atoms with Crippen molar-refractivity contribution in [3.8, 4) is 17.6 Å². The van der Waals surface area contributed by atoms with Crippen molar-refractivity contribution in [2.75, 3.05) is 52.7 Å². The van der Waals surface area contributed by atoms with E-state index in [1.165, 1.54) is 0 Å². The third kappa shape index (κ3) is 6.10. The number of nitrogens with two attached hydrogens (primary N) is 1. The summed E-state index contributed by atoms with van der Waals surface area (Å²) in [4.78, 5) is 15.6. The second-order valence-electron chi connectivity index (χ2n) is 8.70. The molecule has 0 bridgehead atoms. The molecule has 1 fully saturated rings. The van der Waals surface area contributed by atoms with Gasteiger partial charge in [0.25, 0.3) is 0 Å². The van der Waals surface area contributed by atoms with Crippen LogP contribution in [0.5, 0.6) is 11.5 Å². The van der Waals surface area contributed by atoms with E-state index in [0.29, 0.717) is 35.8 Å². The molecule has 200 valence electrons. The van der Waals surface area contributed by atoms with Crippen molar-refractivity contribution >= 4 is 11.7 Å². The number of nitrogens with zero attached hydrogens (tertiary/aromatic N) is 2. The third-order valence-electron chi connectivity index (χ3n) is 6.32. The quantitative estimate of drug-likeness (QED) is 0.470. The van der Waals surface area contributed by atoms with Gasteiger partial charge >= 0.3 is 5.97 Å². The summed E-state index contributed by atoms with van der Waals surface area (Å²) in [5.41, 5.74) is 7.83. The van der Waals surface area contributed by atoms with Gasteiger partial charge in [-0.3, -0.25) is 4.90 Å². The van der Waals surface area contributed by atoms with Crippen molar-refractivity contribution in [2.45, 2.75) is 19.8 Å². The Bertz CT molecular complexity index is 1230. The number of ether oxygens (including phenoxy) is 5. The zero-order valence-electron chi connectivity index (χ0n) is 21.8. The lowest BCUT2D eigenvalue weighted by molar-refractivity contribution is -0.138. The molecule has 2 aromatic rings. The number of allylic oxidation sites excluding steroid dienone is 1. The van der Waals surface area contributed by atoms with Gasteiger partial charge in [0, 0.05) is 25.2 Å². The van der Waals surface area contributed by atoms with Crippen LogP contribution < -0.4 is 15.2 Å². The number of rotatable bonds is 10. The summed E-state index contributed by atoms with van der Waals surface area (Å²) >= 11 is 0.